The van der Waals surface area contributed by atoms with E-state index in [1.54, 1.807) is 6.21 Å². The molecular weight excluding hydrogens is 352 g/mol. The highest BCUT2D eigenvalue weighted by Gasteiger charge is 2.09. The number of rotatable bonds is 8. The van der Waals surface area contributed by atoms with Gasteiger partial charge in [0.15, 0.2) is 0 Å². The lowest BCUT2D eigenvalue weighted by Gasteiger charge is -2.20. The van der Waals surface area contributed by atoms with Crippen molar-refractivity contribution in [3.8, 4) is 0 Å². The van der Waals surface area contributed by atoms with Crippen LogP contribution >= 0.6 is 11.3 Å². The Kier molecular flexibility index (Phi) is 7.22. The van der Waals surface area contributed by atoms with Gasteiger partial charge in [-0.2, -0.15) is 5.10 Å². The first-order chi connectivity index (χ1) is 12.5. The normalized spacial score (nSPS) is 10.7. The van der Waals surface area contributed by atoms with Crippen LogP contribution < -0.4 is 15.6 Å². The molecule has 1 aromatic heterocycles. The second kappa shape index (κ2) is 9.62. The summed E-state index contributed by atoms with van der Waals surface area (Å²) in [7, 11) is 0. The number of benzene rings is 1. The SMILES string of the molecule is CCN(CC)c1ccc(/C=N\NC(=O)Cc2nnc(NC(C)=O)s2)cc1. The second-order valence-electron chi connectivity index (χ2n) is 5.42. The second-order valence-corrected chi connectivity index (χ2v) is 6.48. The zero-order valence-electron chi connectivity index (χ0n) is 15.0. The van der Waals surface area contributed by atoms with Gasteiger partial charge in [-0.1, -0.05) is 23.5 Å². The molecule has 26 heavy (non-hydrogen) atoms. The lowest BCUT2D eigenvalue weighted by atomic mass is 10.2. The Morgan fingerprint density at radius 3 is 2.50 bits per heavy atom. The Hall–Kier alpha value is -2.81. The molecule has 138 valence electrons. The number of carbonyl (C=O) groups is 2. The zero-order valence-corrected chi connectivity index (χ0v) is 15.8. The molecule has 0 unspecified atom stereocenters. The van der Waals surface area contributed by atoms with E-state index in [1.807, 2.05) is 24.3 Å². The molecule has 2 amide bonds. The highest BCUT2D eigenvalue weighted by Crippen LogP contribution is 2.15. The number of amides is 2. The van der Waals surface area contributed by atoms with Crippen molar-refractivity contribution in [2.45, 2.75) is 27.2 Å². The standard InChI is InChI=1S/C17H22N6O2S/c1-4-23(5-2)14-8-6-13(7-9-14)11-18-20-15(25)10-16-21-22-17(26-16)19-12(3)24/h6-9,11H,4-5,10H2,1-3H3,(H,20,25)(H,19,22,24)/b18-11-. The molecule has 9 heteroatoms. The van der Waals surface area contributed by atoms with Crippen molar-refractivity contribution in [2.75, 3.05) is 23.3 Å². The number of anilines is 2. The molecule has 0 aliphatic rings. The van der Waals surface area contributed by atoms with Crippen LogP contribution in [0.25, 0.3) is 0 Å². The van der Waals surface area contributed by atoms with Crippen molar-refractivity contribution in [3.05, 3.63) is 34.8 Å². The molecule has 8 nitrogen and oxygen atoms in total. The topological polar surface area (TPSA) is 99.6 Å². The molecule has 0 bridgehead atoms. The average molecular weight is 374 g/mol. The van der Waals surface area contributed by atoms with Gasteiger partial charge < -0.3 is 10.2 Å². The predicted octanol–water partition coefficient (Wildman–Crippen LogP) is 2.04. The number of hydrogen-bond donors (Lipinski definition) is 2. The summed E-state index contributed by atoms with van der Waals surface area (Å²) in [6.07, 6.45) is 1.64. The van der Waals surface area contributed by atoms with Gasteiger partial charge in [0, 0.05) is 25.7 Å². The van der Waals surface area contributed by atoms with Crippen molar-refractivity contribution in [1.82, 2.24) is 15.6 Å². The number of carbonyl (C=O) groups excluding carboxylic acids is 2. The van der Waals surface area contributed by atoms with E-state index in [0.717, 1.165) is 35.7 Å². The Morgan fingerprint density at radius 2 is 1.88 bits per heavy atom. The van der Waals surface area contributed by atoms with Crippen LogP contribution in [0.15, 0.2) is 29.4 Å². The minimum atomic E-state index is -0.300. The first kappa shape index (κ1) is 19.5. The highest BCUT2D eigenvalue weighted by molar-refractivity contribution is 7.15. The number of hydrazone groups is 1. The van der Waals surface area contributed by atoms with E-state index in [2.05, 4.69) is 44.8 Å². The summed E-state index contributed by atoms with van der Waals surface area (Å²) in [5.74, 6) is -0.527. The predicted molar refractivity (Wildman–Crippen MR) is 104 cm³/mol. The molecule has 2 N–H and O–H groups in total. The molecule has 0 aliphatic carbocycles. The van der Waals surface area contributed by atoms with E-state index in [0.29, 0.717) is 10.1 Å². The summed E-state index contributed by atoms with van der Waals surface area (Å²) in [5, 5.41) is 15.0. The first-order valence-corrected chi connectivity index (χ1v) is 9.10. The highest BCUT2D eigenvalue weighted by atomic mass is 32.1. The van der Waals surface area contributed by atoms with Crippen LogP contribution in [-0.4, -0.2) is 41.3 Å². The molecule has 0 radical (unpaired) electrons. The number of nitrogens with one attached hydrogen (secondary N) is 2. The Bertz CT molecular complexity index is 768. The van der Waals surface area contributed by atoms with Crippen molar-refractivity contribution in [2.24, 2.45) is 5.10 Å². The molecule has 1 heterocycles. The monoisotopic (exact) mass is 374 g/mol. The van der Waals surface area contributed by atoms with E-state index >= 15 is 0 Å². The summed E-state index contributed by atoms with van der Waals surface area (Å²) in [6, 6.07) is 7.96. The Balaban J connectivity index is 1.84. The molecule has 0 saturated heterocycles. The van der Waals surface area contributed by atoms with Crippen molar-refractivity contribution in [3.63, 3.8) is 0 Å². The smallest absolute Gasteiger partial charge is 0.247 e. The zero-order chi connectivity index (χ0) is 18.9. The molecule has 0 aliphatic heterocycles. The fourth-order valence-electron chi connectivity index (χ4n) is 2.24. The lowest BCUT2D eigenvalue weighted by molar-refractivity contribution is -0.120. The molecule has 0 atom stereocenters. The summed E-state index contributed by atoms with van der Waals surface area (Å²) in [5.41, 5.74) is 4.51. The third-order valence-corrected chi connectivity index (χ3v) is 4.32. The van der Waals surface area contributed by atoms with Crippen LogP contribution in [0.3, 0.4) is 0 Å². The van der Waals surface area contributed by atoms with Gasteiger partial charge in [-0.15, -0.1) is 10.2 Å². The van der Waals surface area contributed by atoms with Crippen LogP contribution in [-0.2, 0) is 16.0 Å². The molecular formula is C17H22N6O2S. The van der Waals surface area contributed by atoms with E-state index in [1.165, 1.54) is 6.92 Å². The fourth-order valence-corrected chi connectivity index (χ4v) is 3.03. The van der Waals surface area contributed by atoms with Gasteiger partial charge in [0.25, 0.3) is 0 Å². The van der Waals surface area contributed by atoms with Gasteiger partial charge in [-0.05, 0) is 31.5 Å². The molecule has 2 rings (SSSR count). The van der Waals surface area contributed by atoms with Gasteiger partial charge >= 0.3 is 0 Å². The Morgan fingerprint density at radius 1 is 1.19 bits per heavy atom. The molecule has 0 fully saturated rings. The van der Waals surface area contributed by atoms with E-state index in [-0.39, 0.29) is 18.2 Å². The maximum Gasteiger partial charge on any atom is 0.247 e. The van der Waals surface area contributed by atoms with Crippen molar-refractivity contribution < 1.29 is 9.59 Å². The molecule has 0 saturated carbocycles. The van der Waals surface area contributed by atoms with Crippen LogP contribution in [0.2, 0.25) is 0 Å². The van der Waals surface area contributed by atoms with E-state index in [9.17, 15) is 9.59 Å². The lowest BCUT2D eigenvalue weighted by Crippen LogP contribution is -2.21. The van der Waals surface area contributed by atoms with Crippen LogP contribution in [0.5, 0.6) is 0 Å². The number of hydrogen-bond acceptors (Lipinski definition) is 7. The molecule has 2 aromatic rings. The number of aromatic nitrogens is 2. The van der Waals surface area contributed by atoms with Crippen LogP contribution in [0.1, 0.15) is 31.3 Å². The molecule has 0 spiro atoms. The summed E-state index contributed by atoms with van der Waals surface area (Å²) < 4.78 is 0. The Labute approximate surface area is 156 Å². The van der Waals surface area contributed by atoms with Gasteiger partial charge in [-0.3, -0.25) is 9.59 Å². The maximum absolute atomic E-state index is 11.9. The third-order valence-electron chi connectivity index (χ3n) is 3.49. The molecule has 1 aromatic carbocycles. The van der Waals surface area contributed by atoms with Gasteiger partial charge in [-0.25, -0.2) is 5.43 Å². The van der Waals surface area contributed by atoms with Crippen molar-refractivity contribution in [1.29, 1.82) is 0 Å². The van der Waals surface area contributed by atoms with Gasteiger partial charge in [0.05, 0.1) is 12.6 Å². The van der Waals surface area contributed by atoms with Crippen molar-refractivity contribution >= 4 is 40.2 Å². The number of nitrogens with zero attached hydrogens (tertiary/aromatic N) is 4. The minimum Gasteiger partial charge on any atom is -0.372 e. The van der Waals surface area contributed by atoms with Gasteiger partial charge in [0.2, 0.25) is 16.9 Å². The fraction of sp³-hybridized carbons (Fsp3) is 0.353. The average Bonchev–Trinajstić information content (AvgIpc) is 3.03. The van der Waals surface area contributed by atoms with E-state index < -0.39 is 0 Å². The third kappa shape index (κ3) is 5.92. The maximum atomic E-state index is 11.9. The van der Waals surface area contributed by atoms with Gasteiger partial charge in [0.1, 0.15) is 5.01 Å². The van der Waals surface area contributed by atoms with E-state index in [4.69, 9.17) is 0 Å². The first-order valence-electron chi connectivity index (χ1n) is 8.28. The summed E-state index contributed by atoms with van der Waals surface area (Å²) in [4.78, 5) is 25.1. The minimum absolute atomic E-state index is 0.0511. The summed E-state index contributed by atoms with van der Waals surface area (Å²) >= 11 is 1.16. The largest absolute Gasteiger partial charge is 0.372 e. The van der Waals surface area contributed by atoms with Crippen LogP contribution in [0.4, 0.5) is 10.8 Å². The quantitative estimate of drug-likeness (QED) is 0.544. The van der Waals surface area contributed by atoms with Crippen LogP contribution in [0, 0.1) is 0 Å². The summed E-state index contributed by atoms with van der Waals surface area (Å²) in [6.45, 7) is 7.53.